The Kier molecular flexibility index (Phi) is 13.1. The third-order valence-electron chi connectivity index (χ3n) is 6.76. The summed E-state index contributed by atoms with van der Waals surface area (Å²) in [6, 6.07) is 8.87. The molecular weight excluding hydrogens is 456 g/mol. The maximum Gasteiger partial charge on any atom is 0.102 e. The van der Waals surface area contributed by atoms with Gasteiger partial charge in [0.05, 0.1) is 6.04 Å². The van der Waals surface area contributed by atoms with Crippen molar-refractivity contribution >= 4 is 11.4 Å². The average Bonchev–Trinajstić information content (AvgIpc) is 2.95. The van der Waals surface area contributed by atoms with Crippen molar-refractivity contribution in [2.45, 2.75) is 33.7 Å². The molecule has 6 heteroatoms. The minimum absolute atomic E-state index is 0.250. The maximum absolute atomic E-state index is 3.70. The molecule has 3 heterocycles. The number of likely N-dealkylation sites (N-methyl/N-ethyl adjacent to an activating group) is 1. The van der Waals surface area contributed by atoms with Crippen LogP contribution in [0.25, 0.3) is 5.70 Å². The van der Waals surface area contributed by atoms with Crippen LogP contribution < -0.4 is 20.9 Å². The average molecular weight is 507 g/mol. The van der Waals surface area contributed by atoms with Crippen molar-refractivity contribution < 1.29 is 0 Å². The van der Waals surface area contributed by atoms with Crippen LogP contribution in [0.3, 0.4) is 0 Å². The normalized spacial score (nSPS) is 19.8. The summed E-state index contributed by atoms with van der Waals surface area (Å²) in [5, 5.41) is 9.84. The summed E-state index contributed by atoms with van der Waals surface area (Å²) >= 11 is 0. The minimum Gasteiger partial charge on any atom is -0.388 e. The number of nitrogens with zero attached hydrogens (tertiary/aromatic N) is 3. The fourth-order valence-electron chi connectivity index (χ4n) is 4.87. The summed E-state index contributed by atoms with van der Waals surface area (Å²) in [6.07, 6.45) is 13.5. The molecular formula is C31H50N6. The van der Waals surface area contributed by atoms with Crippen LogP contribution in [0.1, 0.15) is 33.3 Å². The first-order valence-electron chi connectivity index (χ1n) is 13.8. The van der Waals surface area contributed by atoms with E-state index in [0.717, 1.165) is 39.3 Å². The number of anilines is 1. The Balaban J connectivity index is 0.000000898. The summed E-state index contributed by atoms with van der Waals surface area (Å²) in [4.78, 5) is 7.42. The van der Waals surface area contributed by atoms with Crippen molar-refractivity contribution in [1.29, 1.82) is 0 Å². The molecule has 1 saturated heterocycles. The van der Waals surface area contributed by atoms with Gasteiger partial charge in [-0.1, -0.05) is 56.4 Å². The molecule has 3 aliphatic heterocycles. The molecule has 204 valence electrons. The van der Waals surface area contributed by atoms with Crippen molar-refractivity contribution in [3.63, 3.8) is 0 Å². The first-order valence-corrected chi connectivity index (χ1v) is 13.8. The van der Waals surface area contributed by atoms with Crippen molar-refractivity contribution in [2.24, 2.45) is 0 Å². The van der Waals surface area contributed by atoms with E-state index in [-0.39, 0.29) is 6.04 Å². The molecule has 3 aliphatic rings. The van der Waals surface area contributed by atoms with Crippen LogP contribution >= 0.6 is 0 Å². The second-order valence-electron chi connectivity index (χ2n) is 9.18. The van der Waals surface area contributed by atoms with Gasteiger partial charge < -0.3 is 25.8 Å². The molecule has 6 nitrogen and oxygen atoms in total. The minimum atomic E-state index is 0.250. The summed E-state index contributed by atoms with van der Waals surface area (Å²) in [5.41, 5.74) is 6.53. The molecule has 0 spiro atoms. The molecule has 0 aromatic heterocycles. The molecule has 0 aliphatic carbocycles. The van der Waals surface area contributed by atoms with E-state index in [2.05, 4.69) is 112 Å². The maximum atomic E-state index is 3.70. The van der Waals surface area contributed by atoms with Gasteiger partial charge in [0, 0.05) is 70.3 Å². The zero-order chi connectivity index (χ0) is 27.2. The van der Waals surface area contributed by atoms with Gasteiger partial charge in [-0.2, -0.15) is 0 Å². The van der Waals surface area contributed by atoms with Crippen LogP contribution in [0.4, 0.5) is 5.69 Å². The first kappa shape index (κ1) is 30.3. The number of fused-ring (bicyclic) bond motifs is 1. The Morgan fingerprint density at radius 1 is 1.03 bits per heavy atom. The van der Waals surface area contributed by atoms with Crippen LogP contribution in [0.2, 0.25) is 0 Å². The standard InChI is InChI=1S/C27H37N5.C2H7N.C2H6/c1-5-9-21(6-2)20-31-14-16-32(17-15-31)27-13-12-22(19-29-27)26-18-24(28-3)23-10-7-8-11-25(23)30(26)4;1-3-2;1-2/h5-13,18,26,28-29H,14-17,19-20H2,1-4H3;3H,1-2H3;1-2H3/b9-5-,21-6+;;. The Bertz CT molecular complexity index is 979. The summed E-state index contributed by atoms with van der Waals surface area (Å²) < 4.78 is 0. The number of dihydropyridines is 1. The number of allylic oxidation sites excluding steroid dienone is 4. The van der Waals surface area contributed by atoms with Gasteiger partial charge in [-0.3, -0.25) is 4.90 Å². The molecule has 1 unspecified atom stereocenters. The van der Waals surface area contributed by atoms with Gasteiger partial charge in [-0.15, -0.1) is 0 Å². The monoisotopic (exact) mass is 506 g/mol. The van der Waals surface area contributed by atoms with E-state index >= 15 is 0 Å². The summed E-state index contributed by atoms with van der Waals surface area (Å²) in [7, 11) is 7.95. The second kappa shape index (κ2) is 16.0. The van der Waals surface area contributed by atoms with Gasteiger partial charge in [-0.25, -0.2) is 0 Å². The number of para-hydroxylation sites is 1. The van der Waals surface area contributed by atoms with Crippen molar-refractivity contribution in [2.75, 3.05) is 72.4 Å². The summed E-state index contributed by atoms with van der Waals surface area (Å²) in [6.45, 7) is 14.5. The summed E-state index contributed by atoms with van der Waals surface area (Å²) in [5.74, 6) is 1.25. The number of hydrogen-bond donors (Lipinski definition) is 3. The largest absolute Gasteiger partial charge is 0.388 e. The fraction of sp³-hybridized carbons (Fsp3) is 0.484. The van der Waals surface area contributed by atoms with E-state index in [0.29, 0.717) is 0 Å². The van der Waals surface area contributed by atoms with Gasteiger partial charge in [-0.05, 0) is 57.3 Å². The van der Waals surface area contributed by atoms with E-state index in [9.17, 15) is 0 Å². The zero-order valence-electron chi connectivity index (χ0n) is 24.4. The molecule has 0 bridgehead atoms. The molecule has 0 amide bonds. The molecule has 4 rings (SSSR count). The van der Waals surface area contributed by atoms with Gasteiger partial charge in [0.2, 0.25) is 0 Å². The molecule has 37 heavy (non-hydrogen) atoms. The Morgan fingerprint density at radius 3 is 2.27 bits per heavy atom. The molecule has 1 atom stereocenters. The van der Waals surface area contributed by atoms with Crippen LogP contribution in [0, 0.1) is 0 Å². The van der Waals surface area contributed by atoms with Crippen LogP contribution in [-0.4, -0.2) is 83.3 Å². The van der Waals surface area contributed by atoms with Crippen LogP contribution in [-0.2, 0) is 0 Å². The molecule has 0 radical (unpaired) electrons. The number of piperazine rings is 1. The number of benzene rings is 1. The Labute approximate surface area is 226 Å². The highest BCUT2D eigenvalue weighted by molar-refractivity contribution is 5.80. The van der Waals surface area contributed by atoms with Crippen molar-refractivity contribution in [3.8, 4) is 0 Å². The third-order valence-corrected chi connectivity index (χ3v) is 6.76. The SMILES string of the molecule is C/C=C\C(=C/C)CN1CCN(C2=CC=C(C3C=C(NC)c4ccccc4N3C)CN2)CC1.CC.CNC. The number of hydrogen-bond acceptors (Lipinski definition) is 6. The molecule has 1 fully saturated rings. The van der Waals surface area contributed by atoms with Gasteiger partial charge in [0.15, 0.2) is 0 Å². The number of nitrogens with one attached hydrogen (secondary N) is 3. The lowest BCUT2D eigenvalue weighted by molar-refractivity contribution is 0.162. The van der Waals surface area contributed by atoms with E-state index in [1.165, 1.54) is 33.9 Å². The van der Waals surface area contributed by atoms with Crippen LogP contribution in [0.5, 0.6) is 0 Å². The second-order valence-corrected chi connectivity index (χ2v) is 9.18. The highest BCUT2D eigenvalue weighted by atomic mass is 15.3. The number of rotatable bonds is 6. The predicted octanol–water partition coefficient (Wildman–Crippen LogP) is 4.44. The van der Waals surface area contributed by atoms with Gasteiger partial charge in [0.25, 0.3) is 0 Å². The lowest BCUT2D eigenvalue weighted by atomic mass is 9.94. The van der Waals surface area contributed by atoms with E-state index in [1.807, 2.05) is 35.0 Å². The molecule has 1 aromatic rings. The Morgan fingerprint density at radius 2 is 1.70 bits per heavy atom. The fourth-order valence-corrected chi connectivity index (χ4v) is 4.87. The smallest absolute Gasteiger partial charge is 0.102 e. The van der Waals surface area contributed by atoms with Crippen molar-refractivity contribution in [1.82, 2.24) is 25.8 Å². The van der Waals surface area contributed by atoms with Crippen molar-refractivity contribution in [3.05, 3.63) is 83.3 Å². The third kappa shape index (κ3) is 8.01. The lowest BCUT2D eigenvalue weighted by Crippen LogP contribution is -2.49. The van der Waals surface area contributed by atoms with Gasteiger partial charge >= 0.3 is 0 Å². The Hall–Kier alpha value is -2.96. The quantitative estimate of drug-likeness (QED) is 0.496. The van der Waals surface area contributed by atoms with Gasteiger partial charge in [0.1, 0.15) is 5.82 Å². The molecule has 0 saturated carbocycles. The molecule has 3 N–H and O–H groups in total. The van der Waals surface area contributed by atoms with E-state index < -0.39 is 0 Å². The zero-order valence-corrected chi connectivity index (χ0v) is 24.4. The lowest BCUT2D eigenvalue weighted by Gasteiger charge is -2.40. The first-order chi connectivity index (χ1) is 18.1. The highest BCUT2D eigenvalue weighted by Gasteiger charge is 2.27. The predicted molar refractivity (Wildman–Crippen MR) is 163 cm³/mol. The molecule has 1 aromatic carbocycles. The topological polar surface area (TPSA) is 45.8 Å². The van der Waals surface area contributed by atoms with E-state index in [1.54, 1.807) is 0 Å². The van der Waals surface area contributed by atoms with Crippen LogP contribution in [0.15, 0.2) is 77.7 Å². The highest BCUT2D eigenvalue weighted by Crippen LogP contribution is 2.34. The van der Waals surface area contributed by atoms with E-state index in [4.69, 9.17) is 0 Å².